The predicted octanol–water partition coefficient (Wildman–Crippen LogP) is 4.66. The molecule has 0 radical (unpaired) electrons. The molecule has 0 aliphatic rings. The summed E-state index contributed by atoms with van der Waals surface area (Å²) < 4.78 is 30.0. The number of halogens is 1. The summed E-state index contributed by atoms with van der Waals surface area (Å²) in [4.78, 5) is 12.6. The van der Waals surface area contributed by atoms with Crippen LogP contribution in [0.1, 0.15) is 45.7 Å². The van der Waals surface area contributed by atoms with Gasteiger partial charge in [-0.3, -0.25) is 4.79 Å². The minimum Gasteiger partial charge on any atom is -0.490 e. The maximum atomic E-state index is 13.0. The normalized spacial score (nSPS) is 12.8. The second kappa shape index (κ2) is 10.5. The second-order valence-corrected chi connectivity index (χ2v) is 6.27. The van der Waals surface area contributed by atoms with Crippen LogP contribution >= 0.6 is 0 Å². The molecule has 152 valence electrons. The number of carbonyl (C=O) groups excluding carboxylic acids is 1. The van der Waals surface area contributed by atoms with Crippen LogP contribution in [0.5, 0.6) is 17.2 Å². The second-order valence-electron chi connectivity index (χ2n) is 6.27. The van der Waals surface area contributed by atoms with Gasteiger partial charge in [0.15, 0.2) is 17.6 Å². The summed E-state index contributed by atoms with van der Waals surface area (Å²) in [6, 6.07) is 11.0. The van der Waals surface area contributed by atoms with Crippen LogP contribution in [0.3, 0.4) is 0 Å². The fourth-order valence-electron chi connectivity index (χ4n) is 2.73. The van der Waals surface area contributed by atoms with Gasteiger partial charge in [0.05, 0.1) is 19.3 Å². The lowest BCUT2D eigenvalue weighted by Gasteiger charge is -2.21. The number of amides is 1. The van der Waals surface area contributed by atoms with E-state index in [-0.39, 0.29) is 17.8 Å². The van der Waals surface area contributed by atoms with Crippen molar-refractivity contribution >= 4 is 5.91 Å². The lowest BCUT2D eigenvalue weighted by Crippen LogP contribution is -2.39. The number of hydrogen-bond acceptors (Lipinski definition) is 4. The summed E-state index contributed by atoms with van der Waals surface area (Å²) in [5, 5.41) is 2.97. The predicted molar refractivity (Wildman–Crippen MR) is 106 cm³/mol. The van der Waals surface area contributed by atoms with Crippen molar-refractivity contribution in [2.75, 3.05) is 13.2 Å². The summed E-state index contributed by atoms with van der Waals surface area (Å²) >= 11 is 0. The van der Waals surface area contributed by atoms with Crippen molar-refractivity contribution in [3.63, 3.8) is 0 Å². The van der Waals surface area contributed by atoms with Crippen LogP contribution in [0.2, 0.25) is 0 Å². The third-order valence-corrected chi connectivity index (χ3v) is 4.18. The summed E-state index contributed by atoms with van der Waals surface area (Å²) in [6.45, 7) is 8.65. The van der Waals surface area contributed by atoms with Gasteiger partial charge in [0.1, 0.15) is 11.6 Å². The van der Waals surface area contributed by atoms with E-state index in [2.05, 4.69) is 5.32 Å². The zero-order chi connectivity index (χ0) is 20.5. The van der Waals surface area contributed by atoms with Gasteiger partial charge >= 0.3 is 0 Å². The molecule has 0 aromatic heterocycles. The zero-order valence-corrected chi connectivity index (χ0v) is 16.8. The summed E-state index contributed by atoms with van der Waals surface area (Å²) in [5.41, 5.74) is 0.900. The van der Waals surface area contributed by atoms with Gasteiger partial charge in [0.25, 0.3) is 5.91 Å². The Morgan fingerprint density at radius 2 is 1.64 bits per heavy atom. The Labute approximate surface area is 165 Å². The summed E-state index contributed by atoms with van der Waals surface area (Å²) in [6.07, 6.45) is -0.175. The van der Waals surface area contributed by atoms with E-state index in [9.17, 15) is 9.18 Å². The molecule has 0 saturated heterocycles. The van der Waals surface area contributed by atoms with Crippen molar-refractivity contribution in [1.82, 2.24) is 5.32 Å². The molecule has 0 aliphatic carbocycles. The Balaban J connectivity index is 2.06. The van der Waals surface area contributed by atoms with Gasteiger partial charge in [-0.05, 0) is 69.2 Å². The molecule has 5 nitrogen and oxygen atoms in total. The minimum atomic E-state index is -0.665. The van der Waals surface area contributed by atoms with E-state index in [1.54, 1.807) is 0 Å². The number of ether oxygens (including phenoxy) is 3. The average molecular weight is 389 g/mol. The van der Waals surface area contributed by atoms with Crippen LogP contribution in [0.15, 0.2) is 42.5 Å². The Morgan fingerprint density at radius 1 is 1.00 bits per heavy atom. The van der Waals surface area contributed by atoms with E-state index in [1.165, 1.54) is 24.3 Å². The van der Waals surface area contributed by atoms with Crippen molar-refractivity contribution < 1.29 is 23.4 Å². The van der Waals surface area contributed by atoms with E-state index in [0.717, 1.165) is 5.56 Å². The first-order valence-corrected chi connectivity index (χ1v) is 9.60. The molecule has 1 amide bonds. The molecule has 6 heteroatoms. The molecule has 0 unspecified atom stereocenters. The van der Waals surface area contributed by atoms with Crippen LogP contribution in [-0.2, 0) is 4.79 Å². The number of carbonyl (C=O) groups is 1. The number of hydrogen-bond donors (Lipinski definition) is 1. The van der Waals surface area contributed by atoms with Crippen molar-refractivity contribution in [2.24, 2.45) is 0 Å². The lowest BCUT2D eigenvalue weighted by atomic mass is 10.1. The monoisotopic (exact) mass is 389 g/mol. The fourth-order valence-corrected chi connectivity index (χ4v) is 2.73. The van der Waals surface area contributed by atoms with E-state index in [1.807, 2.05) is 45.9 Å². The highest BCUT2D eigenvalue weighted by atomic mass is 19.1. The highest BCUT2D eigenvalue weighted by molar-refractivity contribution is 5.81. The van der Waals surface area contributed by atoms with Crippen LogP contribution < -0.4 is 19.5 Å². The van der Waals surface area contributed by atoms with Gasteiger partial charge < -0.3 is 19.5 Å². The van der Waals surface area contributed by atoms with Crippen LogP contribution in [-0.4, -0.2) is 25.2 Å². The Hall–Kier alpha value is -2.76. The summed E-state index contributed by atoms with van der Waals surface area (Å²) in [5.74, 6) is 1.20. The number of rotatable bonds is 10. The smallest absolute Gasteiger partial charge is 0.261 e. The quantitative estimate of drug-likeness (QED) is 0.642. The van der Waals surface area contributed by atoms with Crippen molar-refractivity contribution in [3.05, 3.63) is 53.8 Å². The molecular weight excluding hydrogens is 361 g/mol. The molecule has 0 aliphatic heterocycles. The van der Waals surface area contributed by atoms with Gasteiger partial charge in [-0.2, -0.15) is 0 Å². The van der Waals surface area contributed by atoms with Crippen LogP contribution in [0.4, 0.5) is 4.39 Å². The zero-order valence-electron chi connectivity index (χ0n) is 16.8. The maximum absolute atomic E-state index is 13.0. The Bertz CT molecular complexity index is 764. The molecule has 2 aromatic carbocycles. The molecule has 2 atom stereocenters. The van der Waals surface area contributed by atoms with Crippen molar-refractivity contribution in [2.45, 2.75) is 46.3 Å². The molecule has 0 fully saturated rings. The van der Waals surface area contributed by atoms with E-state index in [4.69, 9.17) is 14.2 Å². The van der Waals surface area contributed by atoms with E-state index < -0.39 is 6.10 Å². The lowest BCUT2D eigenvalue weighted by molar-refractivity contribution is -0.128. The largest absolute Gasteiger partial charge is 0.490 e. The van der Waals surface area contributed by atoms with Crippen molar-refractivity contribution in [3.8, 4) is 17.2 Å². The minimum absolute atomic E-state index is 0.230. The molecule has 0 heterocycles. The molecule has 0 bridgehead atoms. The standard InChI is InChI=1S/C22H28FNO4/c1-5-19(28-18-11-9-17(23)10-12-18)22(25)24-15(4)16-8-13-20(26-6-2)21(14-16)27-7-3/h8-15,19H,5-7H2,1-4H3,(H,24,25)/t15-,19-/m1/s1. The number of benzene rings is 2. The van der Waals surface area contributed by atoms with Crippen LogP contribution in [0, 0.1) is 5.82 Å². The molecule has 2 rings (SSSR count). The molecule has 1 N–H and O–H groups in total. The molecule has 0 spiro atoms. The average Bonchev–Trinajstić information content (AvgIpc) is 2.69. The molecule has 28 heavy (non-hydrogen) atoms. The Kier molecular flexibility index (Phi) is 8.11. The SMILES string of the molecule is CCOc1ccc([C@@H](C)NC(=O)[C@@H](CC)Oc2ccc(F)cc2)cc1OCC. The van der Waals surface area contributed by atoms with Gasteiger partial charge in [-0.1, -0.05) is 13.0 Å². The van der Waals surface area contributed by atoms with Crippen LogP contribution in [0.25, 0.3) is 0 Å². The first-order chi connectivity index (χ1) is 13.5. The molecular formula is C22H28FNO4. The number of nitrogens with one attached hydrogen (secondary N) is 1. The fraction of sp³-hybridized carbons (Fsp3) is 0.409. The third kappa shape index (κ3) is 5.87. The first kappa shape index (κ1) is 21.5. The molecule has 2 aromatic rings. The first-order valence-electron chi connectivity index (χ1n) is 9.60. The topological polar surface area (TPSA) is 56.8 Å². The molecule has 0 saturated carbocycles. The summed E-state index contributed by atoms with van der Waals surface area (Å²) in [7, 11) is 0. The van der Waals surface area contributed by atoms with Gasteiger partial charge in [-0.25, -0.2) is 4.39 Å². The third-order valence-electron chi connectivity index (χ3n) is 4.18. The highest BCUT2D eigenvalue weighted by Gasteiger charge is 2.21. The highest BCUT2D eigenvalue weighted by Crippen LogP contribution is 2.30. The van der Waals surface area contributed by atoms with Crippen molar-refractivity contribution in [1.29, 1.82) is 0 Å². The van der Waals surface area contributed by atoms with Gasteiger partial charge in [0, 0.05) is 0 Å². The van der Waals surface area contributed by atoms with E-state index >= 15 is 0 Å². The Morgan fingerprint density at radius 3 is 2.25 bits per heavy atom. The van der Waals surface area contributed by atoms with Gasteiger partial charge in [-0.15, -0.1) is 0 Å². The maximum Gasteiger partial charge on any atom is 0.261 e. The van der Waals surface area contributed by atoms with Gasteiger partial charge in [0.2, 0.25) is 0 Å². The van der Waals surface area contributed by atoms with E-state index in [0.29, 0.717) is 36.9 Å².